The first-order chi connectivity index (χ1) is 9.79. The predicted molar refractivity (Wildman–Crippen MR) is 66.8 cm³/mol. The number of benzene rings is 1. The minimum absolute atomic E-state index is 0.0545. The Kier molecular flexibility index (Phi) is 3.46. The quantitative estimate of drug-likeness (QED) is 0.598. The summed E-state index contributed by atoms with van der Waals surface area (Å²) in [5.74, 6) is -8.16. The van der Waals surface area contributed by atoms with Gasteiger partial charge in [-0.05, 0) is 12.1 Å². The molecule has 1 aliphatic rings. The Morgan fingerprint density at radius 3 is 2.05 bits per heavy atom. The first-order valence-electron chi connectivity index (χ1n) is 5.97. The monoisotopic (exact) mass is 294 g/mol. The maximum absolute atomic E-state index is 14.8. The van der Waals surface area contributed by atoms with Gasteiger partial charge in [0.25, 0.3) is 23.5 Å². The molecule has 8 heteroatoms. The number of carboxylic acids is 1. The summed E-state index contributed by atoms with van der Waals surface area (Å²) in [6, 6.07) is 5.59. The number of halogens is 1. The summed E-state index contributed by atoms with van der Waals surface area (Å²) in [5.41, 5.74) is 4.83. The summed E-state index contributed by atoms with van der Waals surface area (Å²) in [5, 5.41) is 8.60. The van der Waals surface area contributed by atoms with Gasteiger partial charge in [-0.25, -0.2) is 9.29 Å². The molecule has 0 aromatic heterocycles. The Bertz CT molecular complexity index is 625. The van der Waals surface area contributed by atoms with Gasteiger partial charge in [-0.15, -0.1) is 0 Å². The molecule has 0 spiro atoms. The molecule has 0 aliphatic carbocycles. The van der Waals surface area contributed by atoms with Crippen molar-refractivity contribution < 1.29 is 28.7 Å². The minimum atomic E-state index is -3.18. The van der Waals surface area contributed by atoms with E-state index in [0.717, 1.165) is 0 Å². The number of imide groups is 1. The first-order valence-corrected chi connectivity index (χ1v) is 5.97. The first kappa shape index (κ1) is 14.6. The van der Waals surface area contributed by atoms with E-state index >= 15 is 0 Å². The fourth-order valence-corrected chi connectivity index (χ4v) is 2.13. The number of alkyl halides is 1. The number of nitrogens with zero attached hydrogens (tertiary/aromatic N) is 1. The summed E-state index contributed by atoms with van der Waals surface area (Å²) in [6.45, 7) is 0. The van der Waals surface area contributed by atoms with Gasteiger partial charge < -0.3 is 10.8 Å². The number of carbonyl (C=O) groups is 4. The second-order valence-electron chi connectivity index (χ2n) is 4.51. The van der Waals surface area contributed by atoms with Crippen LogP contribution >= 0.6 is 0 Å². The molecule has 0 saturated heterocycles. The number of aliphatic carboxylic acids is 1. The number of carboxylic acid groups (broad SMARTS) is 1. The average Bonchev–Trinajstić information content (AvgIpc) is 2.69. The van der Waals surface area contributed by atoms with Crippen LogP contribution in [0.3, 0.4) is 0 Å². The Labute approximate surface area is 118 Å². The fourth-order valence-electron chi connectivity index (χ4n) is 2.13. The van der Waals surface area contributed by atoms with E-state index in [1.807, 2.05) is 0 Å². The van der Waals surface area contributed by atoms with Crippen molar-refractivity contribution in [2.24, 2.45) is 5.73 Å². The van der Waals surface area contributed by atoms with Crippen molar-refractivity contribution in [2.45, 2.75) is 18.6 Å². The summed E-state index contributed by atoms with van der Waals surface area (Å²) in [4.78, 5) is 46.3. The standard InChI is InChI=1S/C13H11FN2O5/c14-13(12(15)21,6-5-9(17)18)16-10(19)7-3-1-2-4-8(7)11(16)20/h1-4H,5-6H2,(H2,15,21)(H,17,18). The number of hydrogen-bond acceptors (Lipinski definition) is 4. The van der Waals surface area contributed by atoms with E-state index < -0.39 is 42.3 Å². The normalized spacial score (nSPS) is 16.5. The van der Waals surface area contributed by atoms with E-state index in [2.05, 4.69) is 0 Å². The van der Waals surface area contributed by atoms with Crippen molar-refractivity contribution in [1.29, 1.82) is 0 Å². The lowest BCUT2D eigenvalue weighted by atomic mass is 10.1. The zero-order chi connectivity index (χ0) is 15.8. The zero-order valence-electron chi connectivity index (χ0n) is 10.7. The van der Waals surface area contributed by atoms with Crippen LogP contribution in [0.4, 0.5) is 4.39 Å². The number of primary amides is 1. The highest BCUT2D eigenvalue weighted by atomic mass is 19.1. The molecule has 1 aromatic carbocycles. The largest absolute Gasteiger partial charge is 0.481 e. The Morgan fingerprint density at radius 1 is 1.19 bits per heavy atom. The highest BCUT2D eigenvalue weighted by Gasteiger charge is 2.53. The minimum Gasteiger partial charge on any atom is -0.481 e. The molecule has 7 nitrogen and oxygen atoms in total. The number of fused-ring (bicyclic) bond motifs is 1. The van der Waals surface area contributed by atoms with Gasteiger partial charge in [0, 0.05) is 6.42 Å². The molecule has 0 radical (unpaired) electrons. The number of rotatable bonds is 5. The van der Waals surface area contributed by atoms with E-state index in [1.165, 1.54) is 24.3 Å². The van der Waals surface area contributed by atoms with Crippen LogP contribution in [-0.2, 0) is 9.59 Å². The Hall–Kier alpha value is -2.77. The molecule has 3 amide bonds. The average molecular weight is 294 g/mol. The van der Waals surface area contributed by atoms with Gasteiger partial charge in [-0.1, -0.05) is 12.1 Å². The molecule has 110 valence electrons. The smallest absolute Gasteiger partial charge is 0.303 e. The molecule has 21 heavy (non-hydrogen) atoms. The molecule has 1 aliphatic heterocycles. The summed E-state index contributed by atoms with van der Waals surface area (Å²) in [7, 11) is 0. The molecule has 1 atom stereocenters. The molecule has 1 heterocycles. The SMILES string of the molecule is NC(=O)C(F)(CCC(=O)O)N1C(=O)c2ccccc2C1=O. The second-order valence-corrected chi connectivity index (χ2v) is 4.51. The number of carbonyl (C=O) groups excluding carboxylic acids is 3. The molecule has 2 rings (SSSR count). The lowest BCUT2D eigenvalue weighted by Gasteiger charge is -2.29. The Morgan fingerprint density at radius 2 is 1.67 bits per heavy atom. The fraction of sp³-hybridized carbons (Fsp3) is 0.231. The molecular weight excluding hydrogens is 283 g/mol. The van der Waals surface area contributed by atoms with Crippen LogP contribution in [0.2, 0.25) is 0 Å². The van der Waals surface area contributed by atoms with Crippen molar-refractivity contribution in [1.82, 2.24) is 4.90 Å². The summed E-state index contributed by atoms with van der Waals surface area (Å²) >= 11 is 0. The van der Waals surface area contributed by atoms with Crippen molar-refractivity contribution in [2.75, 3.05) is 0 Å². The number of amides is 3. The van der Waals surface area contributed by atoms with Crippen LogP contribution < -0.4 is 5.73 Å². The highest BCUT2D eigenvalue weighted by molar-refractivity contribution is 6.23. The van der Waals surface area contributed by atoms with Crippen LogP contribution in [0.25, 0.3) is 0 Å². The van der Waals surface area contributed by atoms with Gasteiger partial charge in [0.1, 0.15) is 0 Å². The topological polar surface area (TPSA) is 118 Å². The van der Waals surface area contributed by atoms with Crippen molar-refractivity contribution in [3.05, 3.63) is 35.4 Å². The van der Waals surface area contributed by atoms with Crippen LogP contribution in [0.1, 0.15) is 33.6 Å². The lowest BCUT2D eigenvalue weighted by molar-refractivity contribution is -0.143. The van der Waals surface area contributed by atoms with Gasteiger partial charge >= 0.3 is 5.97 Å². The number of nitrogens with two attached hydrogens (primary N) is 1. The third-order valence-electron chi connectivity index (χ3n) is 3.20. The molecule has 0 fully saturated rings. The summed E-state index contributed by atoms with van der Waals surface area (Å²) < 4.78 is 14.8. The zero-order valence-corrected chi connectivity index (χ0v) is 10.7. The third-order valence-corrected chi connectivity index (χ3v) is 3.20. The molecule has 1 aromatic rings. The maximum Gasteiger partial charge on any atom is 0.303 e. The predicted octanol–water partition coefficient (Wildman–Crippen LogP) is 0.298. The summed E-state index contributed by atoms with van der Waals surface area (Å²) in [6.07, 6.45) is -1.66. The molecule has 0 saturated carbocycles. The van der Waals surface area contributed by atoms with Gasteiger partial charge in [-0.3, -0.25) is 19.2 Å². The van der Waals surface area contributed by atoms with Gasteiger partial charge in [0.15, 0.2) is 0 Å². The third kappa shape index (κ3) is 2.24. The van der Waals surface area contributed by atoms with Gasteiger partial charge in [-0.2, -0.15) is 0 Å². The van der Waals surface area contributed by atoms with Crippen LogP contribution in [0, 0.1) is 0 Å². The van der Waals surface area contributed by atoms with Crippen molar-refractivity contribution in [3.8, 4) is 0 Å². The van der Waals surface area contributed by atoms with Crippen molar-refractivity contribution >= 4 is 23.7 Å². The maximum atomic E-state index is 14.8. The van der Waals surface area contributed by atoms with E-state index in [0.29, 0.717) is 0 Å². The van der Waals surface area contributed by atoms with Crippen LogP contribution in [-0.4, -0.2) is 39.5 Å². The molecule has 3 N–H and O–H groups in total. The lowest BCUT2D eigenvalue weighted by Crippen LogP contribution is -2.57. The van der Waals surface area contributed by atoms with E-state index in [1.54, 1.807) is 0 Å². The molecule has 1 unspecified atom stereocenters. The number of hydrogen-bond donors (Lipinski definition) is 2. The van der Waals surface area contributed by atoms with E-state index in [-0.39, 0.29) is 16.0 Å². The van der Waals surface area contributed by atoms with E-state index in [4.69, 9.17) is 10.8 Å². The molecule has 0 bridgehead atoms. The van der Waals surface area contributed by atoms with E-state index in [9.17, 15) is 23.6 Å². The van der Waals surface area contributed by atoms with Crippen LogP contribution in [0.15, 0.2) is 24.3 Å². The van der Waals surface area contributed by atoms with Gasteiger partial charge in [0.2, 0.25) is 0 Å². The molecular formula is C13H11FN2O5. The van der Waals surface area contributed by atoms with Crippen LogP contribution in [0.5, 0.6) is 0 Å². The van der Waals surface area contributed by atoms with Crippen molar-refractivity contribution in [3.63, 3.8) is 0 Å². The highest BCUT2D eigenvalue weighted by Crippen LogP contribution is 2.33. The second kappa shape index (κ2) is 4.97. The Balaban J connectivity index is 2.44. The van der Waals surface area contributed by atoms with Gasteiger partial charge in [0.05, 0.1) is 17.5 Å².